The molecule has 1 unspecified atom stereocenters. The Kier molecular flexibility index (Phi) is 5.33. The lowest BCUT2D eigenvalue weighted by molar-refractivity contribution is -0.121. The summed E-state index contributed by atoms with van der Waals surface area (Å²) in [5.74, 6) is 0.191. The number of carbonyl (C=O) groups excluding carboxylic acids is 1. The van der Waals surface area contributed by atoms with E-state index in [1.807, 2.05) is 11.8 Å². The molecule has 0 heterocycles. The van der Waals surface area contributed by atoms with Crippen LogP contribution in [0.5, 0.6) is 0 Å². The van der Waals surface area contributed by atoms with Crippen LogP contribution in [0.2, 0.25) is 0 Å². The number of nitrogens with one attached hydrogen (secondary N) is 2. The van der Waals surface area contributed by atoms with E-state index in [4.69, 9.17) is 0 Å². The van der Waals surface area contributed by atoms with Crippen LogP contribution in [-0.4, -0.2) is 36.5 Å². The molecule has 4 heteroatoms. The molecule has 1 aliphatic rings. The van der Waals surface area contributed by atoms with Crippen molar-refractivity contribution in [1.29, 1.82) is 0 Å². The molecule has 1 atom stereocenters. The number of rotatable bonds is 7. The molecule has 0 aromatic carbocycles. The molecule has 14 heavy (non-hydrogen) atoms. The predicted octanol–water partition coefficient (Wildman–Crippen LogP) is 0.996. The second-order valence-electron chi connectivity index (χ2n) is 3.84. The van der Waals surface area contributed by atoms with Crippen molar-refractivity contribution in [3.63, 3.8) is 0 Å². The lowest BCUT2D eigenvalue weighted by atomic mass is 10.3. The first-order valence-electron chi connectivity index (χ1n) is 5.25. The monoisotopic (exact) mass is 216 g/mol. The van der Waals surface area contributed by atoms with Crippen LogP contribution in [0.25, 0.3) is 0 Å². The Balaban J connectivity index is 1.89. The van der Waals surface area contributed by atoms with Crippen molar-refractivity contribution in [1.82, 2.24) is 10.6 Å². The molecule has 2 N–H and O–H groups in total. The van der Waals surface area contributed by atoms with Gasteiger partial charge in [-0.25, -0.2) is 0 Å². The van der Waals surface area contributed by atoms with Gasteiger partial charge in [0, 0.05) is 30.8 Å². The molecule has 1 aliphatic carbocycles. The van der Waals surface area contributed by atoms with Gasteiger partial charge in [-0.15, -0.1) is 0 Å². The summed E-state index contributed by atoms with van der Waals surface area (Å²) in [5.41, 5.74) is 0. The first-order valence-corrected chi connectivity index (χ1v) is 6.54. The van der Waals surface area contributed by atoms with Gasteiger partial charge in [-0.1, -0.05) is 6.92 Å². The van der Waals surface area contributed by atoms with Gasteiger partial charge in [-0.3, -0.25) is 4.79 Å². The topological polar surface area (TPSA) is 41.1 Å². The van der Waals surface area contributed by atoms with Crippen molar-refractivity contribution in [3.05, 3.63) is 0 Å². The average Bonchev–Trinajstić information content (AvgIpc) is 2.95. The van der Waals surface area contributed by atoms with E-state index in [1.165, 1.54) is 12.8 Å². The first kappa shape index (κ1) is 11.9. The Bertz CT molecular complexity index is 183. The number of hydrogen-bond acceptors (Lipinski definition) is 3. The van der Waals surface area contributed by atoms with Gasteiger partial charge in [0.1, 0.15) is 0 Å². The minimum atomic E-state index is 0.191. The fourth-order valence-electron chi connectivity index (χ4n) is 1.12. The summed E-state index contributed by atoms with van der Waals surface area (Å²) < 4.78 is 0. The Labute approximate surface area is 90.4 Å². The largest absolute Gasteiger partial charge is 0.353 e. The Morgan fingerprint density at radius 2 is 2.29 bits per heavy atom. The fraction of sp³-hybridized carbons (Fsp3) is 0.900. The van der Waals surface area contributed by atoms with Crippen LogP contribution in [0.1, 0.15) is 26.2 Å². The van der Waals surface area contributed by atoms with E-state index in [9.17, 15) is 4.79 Å². The van der Waals surface area contributed by atoms with E-state index in [1.54, 1.807) is 0 Å². The highest BCUT2D eigenvalue weighted by Gasteiger charge is 2.22. The summed E-state index contributed by atoms with van der Waals surface area (Å²) >= 11 is 1.84. The number of thioether (sulfide) groups is 1. The highest BCUT2D eigenvalue weighted by Crippen LogP contribution is 2.18. The van der Waals surface area contributed by atoms with Gasteiger partial charge in [0.15, 0.2) is 0 Å². The Morgan fingerprint density at radius 1 is 1.57 bits per heavy atom. The van der Waals surface area contributed by atoms with E-state index < -0.39 is 0 Å². The summed E-state index contributed by atoms with van der Waals surface area (Å²) in [6.07, 6.45) is 5.05. The predicted molar refractivity (Wildman–Crippen MR) is 61.6 cm³/mol. The molecule has 0 saturated heterocycles. The molecule has 0 spiro atoms. The molecule has 1 saturated carbocycles. The van der Waals surface area contributed by atoms with Crippen molar-refractivity contribution in [2.75, 3.05) is 19.3 Å². The lowest BCUT2D eigenvalue weighted by Gasteiger charge is -2.09. The van der Waals surface area contributed by atoms with Crippen LogP contribution in [0, 0.1) is 0 Å². The van der Waals surface area contributed by atoms with Crippen LogP contribution < -0.4 is 10.6 Å². The number of carbonyl (C=O) groups is 1. The standard InChI is InChI=1S/C10H20N2OS/c1-8(14-2)7-11-6-5-10(13)12-9-3-4-9/h8-9,11H,3-7H2,1-2H3,(H,12,13). The second-order valence-corrected chi connectivity index (χ2v) is 5.12. The molecule has 1 amide bonds. The van der Waals surface area contributed by atoms with Crippen molar-refractivity contribution < 1.29 is 4.79 Å². The molecule has 1 fully saturated rings. The minimum absolute atomic E-state index is 0.191. The van der Waals surface area contributed by atoms with Gasteiger partial charge in [0.05, 0.1) is 0 Å². The van der Waals surface area contributed by atoms with Crippen LogP contribution in [-0.2, 0) is 4.79 Å². The van der Waals surface area contributed by atoms with Crippen molar-refractivity contribution in [2.24, 2.45) is 0 Å². The molecule has 0 aromatic rings. The van der Waals surface area contributed by atoms with E-state index in [-0.39, 0.29) is 5.91 Å². The number of amides is 1. The third-order valence-electron chi connectivity index (χ3n) is 2.31. The normalized spacial score (nSPS) is 17.9. The van der Waals surface area contributed by atoms with Crippen LogP contribution in [0.3, 0.4) is 0 Å². The molecular weight excluding hydrogens is 196 g/mol. The SMILES string of the molecule is CSC(C)CNCCC(=O)NC1CC1. The molecule has 0 radical (unpaired) electrons. The third-order valence-corrected chi connectivity index (χ3v) is 3.28. The molecule has 0 aliphatic heterocycles. The first-order chi connectivity index (χ1) is 6.72. The maximum atomic E-state index is 11.3. The van der Waals surface area contributed by atoms with Crippen LogP contribution in [0.4, 0.5) is 0 Å². The Morgan fingerprint density at radius 3 is 2.86 bits per heavy atom. The van der Waals surface area contributed by atoms with E-state index in [2.05, 4.69) is 23.8 Å². The summed E-state index contributed by atoms with van der Waals surface area (Å²) in [6.45, 7) is 3.96. The highest BCUT2D eigenvalue weighted by molar-refractivity contribution is 7.99. The van der Waals surface area contributed by atoms with Crippen molar-refractivity contribution >= 4 is 17.7 Å². The molecular formula is C10H20N2OS. The zero-order valence-electron chi connectivity index (χ0n) is 9.01. The average molecular weight is 216 g/mol. The minimum Gasteiger partial charge on any atom is -0.353 e. The van der Waals surface area contributed by atoms with Gasteiger partial charge in [-0.2, -0.15) is 11.8 Å². The lowest BCUT2D eigenvalue weighted by Crippen LogP contribution is -2.31. The fourth-order valence-corrected chi connectivity index (χ4v) is 1.40. The summed E-state index contributed by atoms with van der Waals surface area (Å²) in [5, 5.41) is 6.88. The van der Waals surface area contributed by atoms with Gasteiger partial charge in [0.25, 0.3) is 0 Å². The third kappa shape index (κ3) is 5.50. The van der Waals surface area contributed by atoms with Gasteiger partial charge in [0.2, 0.25) is 5.91 Å². The molecule has 82 valence electrons. The van der Waals surface area contributed by atoms with Gasteiger partial charge >= 0.3 is 0 Å². The molecule has 0 bridgehead atoms. The zero-order chi connectivity index (χ0) is 10.4. The Hall–Kier alpha value is -0.220. The maximum absolute atomic E-state index is 11.3. The van der Waals surface area contributed by atoms with Crippen molar-refractivity contribution in [3.8, 4) is 0 Å². The van der Waals surface area contributed by atoms with Crippen molar-refractivity contribution in [2.45, 2.75) is 37.5 Å². The smallest absolute Gasteiger partial charge is 0.221 e. The quantitative estimate of drug-likeness (QED) is 0.624. The van der Waals surface area contributed by atoms with E-state index in [0.29, 0.717) is 17.7 Å². The van der Waals surface area contributed by atoms with Gasteiger partial charge < -0.3 is 10.6 Å². The zero-order valence-corrected chi connectivity index (χ0v) is 9.82. The van der Waals surface area contributed by atoms with E-state index >= 15 is 0 Å². The van der Waals surface area contributed by atoms with E-state index in [0.717, 1.165) is 13.1 Å². The van der Waals surface area contributed by atoms with Gasteiger partial charge in [-0.05, 0) is 19.1 Å². The summed E-state index contributed by atoms with van der Waals surface area (Å²) in [4.78, 5) is 11.3. The summed E-state index contributed by atoms with van der Waals surface area (Å²) in [6, 6.07) is 0.493. The molecule has 1 rings (SSSR count). The molecule has 0 aromatic heterocycles. The highest BCUT2D eigenvalue weighted by atomic mass is 32.2. The molecule has 3 nitrogen and oxygen atoms in total. The summed E-state index contributed by atoms with van der Waals surface area (Å²) in [7, 11) is 0. The van der Waals surface area contributed by atoms with Crippen LogP contribution in [0.15, 0.2) is 0 Å². The number of hydrogen-bond donors (Lipinski definition) is 2. The maximum Gasteiger partial charge on any atom is 0.221 e. The second kappa shape index (κ2) is 6.30. The van der Waals surface area contributed by atoms with Crippen LogP contribution >= 0.6 is 11.8 Å².